The Bertz CT molecular complexity index is 1290. The lowest BCUT2D eigenvalue weighted by Crippen LogP contribution is -2.59. The summed E-state index contributed by atoms with van der Waals surface area (Å²) in [7, 11) is -1.29. The minimum Gasteiger partial charge on any atom is -0.412 e. The second kappa shape index (κ2) is 14.2. The van der Waals surface area contributed by atoms with E-state index < -0.39 is 28.8 Å². The Morgan fingerprint density at radius 3 is 2.55 bits per heavy atom. The van der Waals surface area contributed by atoms with Crippen molar-refractivity contribution in [1.29, 1.82) is 0 Å². The topological polar surface area (TPSA) is 102 Å². The van der Waals surface area contributed by atoms with Gasteiger partial charge in [-0.1, -0.05) is 35.9 Å². The quantitative estimate of drug-likeness (QED) is 0.387. The first kappa shape index (κ1) is 31.8. The largest absolute Gasteiger partial charge is 0.416 e. The van der Waals surface area contributed by atoms with Crippen LogP contribution in [0.25, 0.3) is 0 Å². The molecule has 1 aliphatic rings. The van der Waals surface area contributed by atoms with E-state index in [2.05, 4.69) is 15.2 Å². The molecular formula is C27H33ClF3N5O3S. The SMILES string of the molecule is CS(=O)N1CCN(CCc2cccc(Cl)c2)CC1C(=O)NCCc1cncn1Cc1ccc(C(F)(F)F)cc1.O. The number of amides is 1. The molecular weight excluding hydrogens is 567 g/mol. The zero-order chi connectivity index (χ0) is 28.0. The van der Waals surface area contributed by atoms with Gasteiger partial charge in [0, 0.05) is 68.9 Å². The van der Waals surface area contributed by atoms with Crippen LogP contribution in [-0.4, -0.2) is 79.4 Å². The number of carbonyl (C=O) groups excluding carboxylic acids is 1. The van der Waals surface area contributed by atoms with Crippen molar-refractivity contribution in [3.05, 3.63) is 88.5 Å². The van der Waals surface area contributed by atoms with E-state index in [1.165, 1.54) is 12.1 Å². The van der Waals surface area contributed by atoms with Gasteiger partial charge in [-0.3, -0.25) is 9.69 Å². The van der Waals surface area contributed by atoms with Gasteiger partial charge in [-0.2, -0.15) is 13.2 Å². The molecule has 1 aliphatic heterocycles. The first-order chi connectivity index (χ1) is 18.6. The fourth-order valence-electron chi connectivity index (χ4n) is 4.65. The van der Waals surface area contributed by atoms with E-state index in [4.69, 9.17) is 11.6 Å². The molecule has 0 aliphatic carbocycles. The number of rotatable bonds is 10. The molecule has 1 fully saturated rings. The Hall–Kier alpha value is -2.77. The molecule has 4 rings (SSSR count). The van der Waals surface area contributed by atoms with Crippen molar-refractivity contribution in [3.63, 3.8) is 0 Å². The zero-order valence-corrected chi connectivity index (χ0v) is 23.6. The monoisotopic (exact) mass is 599 g/mol. The summed E-state index contributed by atoms with van der Waals surface area (Å²) in [6.07, 6.45) is 1.81. The lowest BCUT2D eigenvalue weighted by atomic mass is 10.1. The average Bonchev–Trinajstić information content (AvgIpc) is 3.33. The highest BCUT2D eigenvalue weighted by atomic mass is 35.5. The van der Waals surface area contributed by atoms with Crippen LogP contribution in [0.5, 0.6) is 0 Å². The van der Waals surface area contributed by atoms with Crippen LogP contribution in [0.4, 0.5) is 13.2 Å². The first-order valence-corrected chi connectivity index (χ1v) is 14.5. The van der Waals surface area contributed by atoms with E-state index in [9.17, 15) is 22.2 Å². The summed E-state index contributed by atoms with van der Waals surface area (Å²) in [5, 5.41) is 3.66. The fraction of sp³-hybridized carbons (Fsp3) is 0.407. The Balaban J connectivity index is 0.00000441. The number of halogens is 4. The van der Waals surface area contributed by atoms with Crippen molar-refractivity contribution < 1.29 is 27.7 Å². The van der Waals surface area contributed by atoms with Gasteiger partial charge in [-0.05, 0) is 41.8 Å². The highest BCUT2D eigenvalue weighted by Gasteiger charge is 2.34. The lowest BCUT2D eigenvalue weighted by Gasteiger charge is -2.39. The molecule has 1 amide bonds. The van der Waals surface area contributed by atoms with Gasteiger partial charge < -0.3 is 15.4 Å². The Morgan fingerprint density at radius 1 is 1.12 bits per heavy atom. The normalized spacial score (nSPS) is 17.3. The van der Waals surface area contributed by atoms with Crippen LogP contribution in [0.3, 0.4) is 0 Å². The maximum absolute atomic E-state index is 13.1. The number of imidazole rings is 1. The van der Waals surface area contributed by atoms with Gasteiger partial charge in [0.15, 0.2) is 0 Å². The minimum absolute atomic E-state index is 0. The average molecular weight is 600 g/mol. The molecule has 0 bridgehead atoms. The first-order valence-electron chi connectivity index (χ1n) is 12.6. The molecule has 40 heavy (non-hydrogen) atoms. The summed E-state index contributed by atoms with van der Waals surface area (Å²) in [5.41, 5.74) is 2.00. The van der Waals surface area contributed by atoms with Gasteiger partial charge >= 0.3 is 6.18 Å². The number of piperazine rings is 1. The molecule has 1 saturated heterocycles. The van der Waals surface area contributed by atoms with Gasteiger partial charge in [-0.15, -0.1) is 0 Å². The van der Waals surface area contributed by atoms with E-state index in [0.29, 0.717) is 49.7 Å². The van der Waals surface area contributed by atoms with Crippen LogP contribution < -0.4 is 5.32 Å². The van der Waals surface area contributed by atoms with Crippen LogP contribution in [0.1, 0.15) is 22.4 Å². The number of nitrogens with one attached hydrogen (secondary N) is 1. The van der Waals surface area contributed by atoms with Crippen LogP contribution >= 0.6 is 11.6 Å². The number of aromatic nitrogens is 2. The van der Waals surface area contributed by atoms with Gasteiger partial charge in [0.2, 0.25) is 5.91 Å². The van der Waals surface area contributed by atoms with Gasteiger partial charge in [-0.25, -0.2) is 13.5 Å². The minimum atomic E-state index is -4.37. The van der Waals surface area contributed by atoms with Crippen LogP contribution in [0.2, 0.25) is 5.02 Å². The Labute approximate surface area is 239 Å². The highest BCUT2D eigenvalue weighted by molar-refractivity contribution is 7.81. The molecule has 13 heteroatoms. The summed E-state index contributed by atoms with van der Waals surface area (Å²) in [4.78, 5) is 19.5. The molecule has 2 heterocycles. The predicted molar refractivity (Wildman–Crippen MR) is 149 cm³/mol. The summed E-state index contributed by atoms with van der Waals surface area (Å²) >= 11 is 6.09. The number of alkyl halides is 3. The van der Waals surface area contributed by atoms with Crippen LogP contribution in [-0.2, 0) is 41.3 Å². The van der Waals surface area contributed by atoms with Crippen molar-refractivity contribution in [2.45, 2.75) is 31.6 Å². The van der Waals surface area contributed by atoms with Crippen LogP contribution in [0.15, 0.2) is 61.1 Å². The molecule has 0 spiro atoms. The van der Waals surface area contributed by atoms with Crippen molar-refractivity contribution >= 4 is 28.5 Å². The molecule has 1 aromatic heterocycles. The molecule has 8 nitrogen and oxygen atoms in total. The summed E-state index contributed by atoms with van der Waals surface area (Å²) in [5.74, 6) is -0.188. The summed E-state index contributed by atoms with van der Waals surface area (Å²) < 4.78 is 54.4. The van der Waals surface area contributed by atoms with Crippen molar-refractivity contribution in [2.75, 3.05) is 39.0 Å². The van der Waals surface area contributed by atoms with Gasteiger partial charge in [0.05, 0.1) is 22.9 Å². The third-order valence-electron chi connectivity index (χ3n) is 6.77. The third-order valence-corrected chi connectivity index (χ3v) is 8.10. The van der Waals surface area contributed by atoms with Crippen LogP contribution in [0, 0.1) is 0 Å². The number of nitrogens with zero attached hydrogens (tertiary/aromatic N) is 4. The maximum atomic E-state index is 13.1. The Morgan fingerprint density at radius 2 is 1.88 bits per heavy atom. The van der Waals surface area contributed by atoms with Gasteiger partial charge in [0.25, 0.3) is 0 Å². The zero-order valence-electron chi connectivity index (χ0n) is 22.0. The second-order valence-electron chi connectivity index (χ2n) is 9.51. The lowest BCUT2D eigenvalue weighted by molar-refractivity contribution is -0.137. The molecule has 218 valence electrons. The van der Waals surface area contributed by atoms with E-state index in [1.807, 2.05) is 28.8 Å². The third kappa shape index (κ3) is 8.61. The maximum Gasteiger partial charge on any atom is 0.416 e. The standard InChI is InChI=1S/C27H31ClF3N5O2S.H2O/c1-39(38)36-14-13-34(12-10-20-3-2-4-23(28)15-20)18-25(36)26(37)33-11-9-24-16-32-19-35(24)17-21-5-7-22(8-6-21)27(29,30)31;/h2-8,15-16,19,25H,9-14,17-18H2,1H3,(H,33,37);1H2. The molecule has 2 aromatic carbocycles. The van der Waals surface area contributed by atoms with Crippen molar-refractivity contribution in [3.8, 4) is 0 Å². The van der Waals surface area contributed by atoms with Gasteiger partial charge in [0.1, 0.15) is 6.04 Å². The smallest absolute Gasteiger partial charge is 0.412 e. The highest BCUT2D eigenvalue weighted by Crippen LogP contribution is 2.29. The number of benzene rings is 2. The molecule has 2 atom stereocenters. The van der Waals surface area contributed by atoms with E-state index in [-0.39, 0.29) is 11.4 Å². The molecule has 0 saturated carbocycles. The fourth-order valence-corrected chi connectivity index (χ4v) is 5.73. The molecule has 3 N–H and O–H groups in total. The van der Waals surface area contributed by atoms with E-state index in [0.717, 1.165) is 36.4 Å². The molecule has 2 unspecified atom stereocenters. The number of hydrogen-bond acceptors (Lipinski definition) is 4. The Kier molecular flexibility index (Phi) is 11.3. The van der Waals surface area contributed by atoms with Crippen molar-refractivity contribution in [1.82, 2.24) is 24.1 Å². The van der Waals surface area contributed by atoms with E-state index >= 15 is 0 Å². The molecule has 0 radical (unpaired) electrons. The summed E-state index contributed by atoms with van der Waals surface area (Å²) in [6.45, 7) is 3.19. The summed E-state index contributed by atoms with van der Waals surface area (Å²) in [6, 6.07) is 12.2. The van der Waals surface area contributed by atoms with E-state index in [1.54, 1.807) is 23.1 Å². The predicted octanol–water partition coefficient (Wildman–Crippen LogP) is 2.96. The second-order valence-corrected chi connectivity index (χ2v) is 11.3. The number of carbonyl (C=O) groups is 1. The molecule has 3 aromatic rings. The number of hydrogen-bond donors (Lipinski definition) is 1. The van der Waals surface area contributed by atoms with Crippen molar-refractivity contribution in [2.24, 2.45) is 0 Å².